The van der Waals surface area contributed by atoms with E-state index < -0.39 is 0 Å². The van der Waals surface area contributed by atoms with E-state index in [1.54, 1.807) is 6.20 Å². The van der Waals surface area contributed by atoms with Crippen molar-refractivity contribution in [3.8, 4) is 0 Å². The van der Waals surface area contributed by atoms with Gasteiger partial charge in [-0.3, -0.25) is 4.98 Å². The second kappa shape index (κ2) is 6.00. The number of carbonyl (C=O) groups is 1. The normalized spacial score (nSPS) is 11.7. The Bertz CT molecular complexity index is 554. The molecule has 0 fully saturated rings. The second-order valence-electron chi connectivity index (χ2n) is 4.44. The lowest BCUT2D eigenvalue weighted by molar-refractivity contribution is 0.249. The zero-order chi connectivity index (χ0) is 13.7. The lowest BCUT2D eigenvalue weighted by Gasteiger charge is -2.14. The van der Waals surface area contributed by atoms with Crippen molar-refractivity contribution < 1.29 is 4.79 Å². The van der Waals surface area contributed by atoms with Gasteiger partial charge in [0, 0.05) is 11.9 Å². The third kappa shape index (κ3) is 3.81. The van der Waals surface area contributed by atoms with Gasteiger partial charge in [0.2, 0.25) is 0 Å². The molecule has 0 aliphatic carbocycles. The molecule has 0 unspecified atom stereocenters. The maximum absolute atomic E-state index is 11.9. The lowest BCUT2D eigenvalue weighted by Crippen LogP contribution is -2.31. The van der Waals surface area contributed by atoms with Gasteiger partial charge in [-0.15, -0.1) is 0 Å². The molecule has 2 aromatic rings. The molecule has 1 aromatic heterocycles. The molecular weight excluding hydrogens is 238 g/mol. The fraction of sp³-hybridized carbons (Fsp3) is 0.200. The number of nitrogens with one attached hydrogen (secondary N) is 2. The lowest BCUT2D eigenvalue weighted by atomic mass is 10.2. The number of hydrogen-bond acceptors (Lipinski definition) is 2. The van der Waals surface area contributed by atoms with Gasteiger partial charge in [0.05, 0.1) is 11.7 Å². The summed E-state index contributed by atoms with van der Waals surface area (Å²) in [4.78, 5) is 16.1. The SMILES string of the molecule is Cc1cccc(NC(=O)N[C@@H](C)c2ccccn2)c1. The summed E-state index contributed by atoms with van der Waals surface area (Å²) in [6, 6.07) is 12.9. The maximum atomic E-state index is 11.9. The highest BCUT2D eigenvalue weighted by Crippen LogP contribution is 2.11. The average Bonchev–Trinajstić information content (AvgIpc) is 2.39. The molecule has 0 saturated heterocycles. The molecule has 1 atom stereocenters. The van der Waals surface area contributed by atoms with Crippen molar-refractivity contribution >= 4 is 11.7 Å². The molecule has 0 saturated carbocycles. The van der Waals surface area contributed by atoms with Gasteiger partial charge in [0.15, 0.2) is 0 Å². The third-order valence-corrected chi connectivity index (χ3v) is 2.75. The molecule has 4 heteroatoms. The van der Waals surface area contributed by atoms with Crippen LogP contribution in [0, 0.1) is 6.92 Å². The number of anilines is 1. The number of urea groups is 1. The summed E-state index contributed by atoms with van der Waals surface area (Å²) in [5.74, 6) is 0. The summed E-state index contributed by atoms with van der Waals surface area (Å²) in [7, 11) is 0. The van der Waals surface area contributed by atoms with Crippen molar-refractivity contribution in [3.63, 3.8) is 0 Å². The summed E-state index contributed by atoms with van der Waals surface area (Å²) in [6.45, 7) is 3.89. The maximum Gasteiger partial charge on any atom is 0.319 e. The number of rotatable bonds is 3. The summed E-state index contributed by atoms with van der Waals surface area (Å²) >= 11 is 0. The molecular formula is C15H17N3O. The molecule has 2 N–H and O–H groups in total. The van der Waals surface area contributed by atoms with E-state index in [0.717, 1.165) is 16.9 Å². The minimum atomic E-state index is -0.233. The highest BCUT2D eigenvalue weighted by molar-refractivity contribution is 5.89. The molecule has 1 aromatic carbocycles. The van der Waals surface area contributed by atoms with Crippen LogP contribution in [0.15, 0.2) is 48.7 Å². The Labute approximate surface area is 112 Å². The van der Waals surface area contributed by atoms with Gasteiger partial charge < -0.3 is 10.6 Å². The van der Waals surface area contributed by atoms with E-state index in [1.165, 1.54) is 0 Å². The van der Waals surface area contributed by atoms with E-state index in [0.29, 0.717) is 0 Å². The van der Waals surface area contributed by atoms with Crippen LogP contribution in [0.25, 0.3) is 0 Å². The number of benzene rings is 1. The number of hydrogen-bond donors (Lipinski definition) is 2. The van der Waals surface area contributed by atoms with Crippen molar-refractivity contribution in [2.75, 3.05) is 5.32 Å². The molecule has 19 heavy (non-hydrogen) atoms. The van der Waals surface area contributed by atoms with E-state index >= 15 is 0 Å². The van der Waals surface area contributed by atoms with E-state index in [9.17, 15) is 4.79 Å². The second-order valence-corrected chi connectivity index (χ2v) is 4.44. The van der Waals surface area contributed by atoms with E-state index in [-0.39, 0.29) is 12.1 Å². The minimum Gasteiger partial charge on any atom is -0.330 e. The first-order valence-corrected chi connectivity index (χ1v) is 6.20. The Kier molecular flexibility index (Phi) is 4.13. The zero-order valence-corrected chi connectivity index (χ0v) is 11.1. The highest BCUT2D eigenvalue weighted by atomic mass is 16.2. The third-order valence-electron chi connectivity index (χ3n) is 2.75. The van der Waals surface area contributed by atoms with Gasteiger partial charge in [-0.1, -0.05) is 18.2 Å². The largest absolute Gasteiger partial charge is 0.330 e. The monoisotopic (exact) mass is 255 g/mol. The van der Waals surface area contributed by atoms with Gasteiger partial charge in [-0.2, -0.15) is 0 Å². The number of aryl methyl sites for hydroxylation is 1. The van der Waals surface area contributed by atoms with Crippen LogP contribution in [0.4, 0.5) is 10.5 Å². The molecule has 1 heterocycles. The summed E-state index contributed by atoms with van der Waals surface area (Å²) in [6.07, 6.45) is 1.71. The topological polar surface area (TPSA) is 54.0 Å². The van der Waals surface area contributed by atoms with Crippen LogP contribution >= 0.6 is 0 Å². The molecule has 98 valence electrons. The highest BCUT2D eigenvalue weighted by Gasteiger charge is 2.10. The smallest absolute Gasteiger partial charge is 0.319 e. The van der Waals surface area contributed by atoms with Gasteiger partial charge in [-0.05, 0) is 43.7 Å². The van der Waals surface area contributed by atoms with E-state index in [2.05, 4.69) is 15.6 Å². The Morgan fingerprint density at radius 2 is 2.05 bits per heavy atom. The van der Waals surface area contributed by atoms with Gasteiger partial charge in [0.25, 0.3) is 0 Å². The predicted molar refractivity (Wildman–Crippen MR) is 76.0 cm³/mol. The number of nitrogens with zero attached hydrogens (tertiary/aromatic N) is 1. The Morgan fingerprint density at radius 3 is 2.74 bits per heavy atom. The van der Waals surface area contributed by atoms with Crippen LogP contribution in [-0.4, -0.2) is 11.0 Å². The molecule has 0 radical (unpaired) electrons. The fourth-order valence-electron chi connectivity index (χ4n) is 1.79. The first kappa shape index (κ1) is 13.1. The first-order chi connectivity index (χ1) is 9.15. The van der Waals surface area contributed by atoms with Crippen molar-refractivity contribution in [1.29, 1.82) is 0 Å². The Hall–Kier alpha value is -2.36. The summed E-state index contributed by atoms with van der Waals surface area (Å²) in [5.41, 5.74) is 2.73. The molecule has 0 spiro atoms. The van der Waals surface area contributed by atoms with Crippen LogP contribution in [-0.2, 0) is 0 Å². The van der Waals surface area contributed by atoms with Crippen LogP contribution in [0.2, 0.25) is 0 Å². The van der Waals surface area contributed by atoms with Crippen LogP contribution in [0.5, 0.6) is 0 Å². The number of pyridine rings is 1. The van der Waals surface area contributed by atoms with Gasteiger partial charge >= 0.3 is 6.03 Å². The molecule has 2 rings (SSSR count). The Balaban J connectivity index is 1.95. The predicted octanol–water partition coefficient (Wildman–Crippen LogP) is 3.27. The van der Waals surface area contributed by atoms with Crippen molar-refractivity contribution in [2.45, 2.75) is 19.9 Å². The molecule has 0 bridgehead atoms. The fourth-order valence-corrected chi connectivity index (χ4v) is 1.79. The van der Waals surface area contributed by atoms with Crippen LogP contribution in [0.3, 0.4) is 0 Å². The van der Waals surface area contributed by atoms with Crippen LogP contribution < -0.4 is 10.6 Å². The standard InChI is InChI=1S/C15H17N3O/c1-11-6-5-7-13(10-11)18-15(19)17-12(2)14-8-3-4-9-16-14/h3-10,12H,1-2H3,(H2,17,18,19)/t12-/m0/s1. The molecule has 2 amide bonds. The molecule has 0 aliphatic rings. The van der Waals surface area contributed by atoms with E-state index in [4.69, 9.17) is 0 Å². The summed E-state index contributed by atoms with van der Waals surface area (Å²) in [5, 5.41) is 5.66. The summed E-state index contributed by atoms with van der Waals surface area (Å²) < 4.78 is 0. The molecule has 0 aliphatic heterocycles. The minimum absolute atomic E-state index is 0.133. The number of aromatic nitrogens is 1. The number of amides is 2. The van der Waals surface area contributed by atoms with Crippen LogP contribution in [0.1, 0.15) is 24.2 Å². The quantitative estimate of drug-likeness (QED) is 0.884. The first-order valence-electron chi connectivity index (χ1n) is 6.20. The number of carbonyl (C=O) groups excluding carboxylic acids is 1. The van der Waals surface area contributed by atoms with E-state index in [1.807, 2.05) is 56.3 Å². The zero-order valence-electron chi connectivity index (χ0n) is 11.1. The average molecular weight is 255 g/mol. The van der Waals surface area contributed by atoms with Crippen molar-refractivity contribution in [3.05, 3.63) is 59.9 Å². The van der Waals surface area contributed by atoms with Crippen molar-refractivity contribution in [2.24, 2.45) is 0 Å². The molecule has 4 nitrogen and oxygen atoms in total. The van der Waals surface area contributed by atoms with Crippen molar-refractivity contribution in [1.82, 2.24) is 10.3 Å². The van der Waals surface area contributed by atoms with Gasteiger partial charge in [-0.25, -0.2) is 4.79 Å². The Morgan fingerprint density at radius 1 is 1.21 bits per heavy atom. The van der Waals surface area contributed by atoms with Gasteiger partial charge in [0.1, 0.15) is 0 Å².